The lowest BCUT2D eigenvalue weighted by Crippen LogP contribution is -2.26. The van der Waals surface area contributed by atoms with Crippen LogP contribution in [0.2, 0.25) is 0 Å². The molecule has 1 amide bonds. The molecule has 0 radical (unpaired) electrons. The molecule has 6 heteroatoms. The second-order valence-electron chi connectivity index (χ2n) is 3.67. The number of carboxylic acids is 1. The first-order valence-corrected chi connectivity index (χ1v) is 5.02. The van der Waals surface area contributed by atoms with Gasteiger partial charge in [-0.05, 0) is 12.1 Å². The molecule has 0 saturated carbocycles. The van der Waals surface area contributed by atoms with Crippen molar-refractivity contribution in [2.75, 3.05) is 11.4 Å². The Morgan fingerprint density at radius 2 is 2.24 bits per heavy atom. The number of anilines is 1. The van der Waals surface area contributed by atoms with Crippen molar-refractivity contribution in [2.45, 2.75) is 12.5 Å². The predicted octanol–water partition coefficient (Wildman–Crippen LogP) is 1.63. The van der Waals surface area contributed by atoms with Crippen LogP contribution in [0.5, 0.6) is 0 Å². The SMILES string of the molecule is O=C(O)CC1CN(c2ccccc2F)C(=O)O1. The van der Waals surface area contributed by atoms with Gasteiger partial charge in [0.1, 0.15) is 11.9 Å². The predicted molar refractivity (Wildman–Crippen MR) is 56.3 cm³/mol. The van der Waals surface area contributed by atoms with Gasteiger partial charge in [-0.2, -0.15) is 0 Å². The summed E-state index contributed by atoms with van der Waals surface area (Å²) in [4.78, 5) is 23.1. The van der Waals surface area contributed by atoms with Gasteiger partial charge in [0.2, 0.25) is 0 Å². The number of nitrogens with zero attached hydrogens (tertiary/aromatic N) is 1. The fourth-order valence-corrected chi connectivity index (χ4v) is 1.69. The molecule has 5 nitrogen and oxygen atoms in total. The molecule has 1 saturated heterocycles. The average Bonchev–Trinajstić information content (AvgIpc) is 2.59. The van der Waals surface area contributed by atoms with E-state index in [4.69, 9.17) is 9.84 Å². The smallest absolute Gasteiger partial charge is 0.414 e. The Hall–Kier alpha value is -2.11. The monoisotopic (exact) mass is 239 g/mol. The minimum absolute atomic E-state index is 0.0477. The number of rotatable bonds is 3. The molecule has 0 spiro atoms. The van der Waals surface area contributed by atoms with Gasteiger partial charge in [0, 0.05) is 0 Å². The van der Waals surface area contributed by atoms with Crippen molar-refractivity contribution < 1.29 is 23.8 Å². The van der Waals surface area contributed by atoms with Crippen LogP contribution < -0.4 is 4.90 Å². The van der Waals surface area contributed by atoms with Crippen LogP contribution in [-0.4, -0.2) is 29.8 Å². The van der Waals surface area contributed by atoms with Crippen LogP contribution >= 0.6 is 0 Å². The van der Waals surface area contributed by atoms with E-state index in [0.29, 0.717) is 0 Å². The molecule has 1 aromatic carbocycles. The third-order valence-corrected chi connectivity index (χ3v) is 2.42. The molecule has 1 fully saturated rings. The van der Waals surface area contributed by atoms with E-state index in [1.54, 1.807) is 6.07 Å². The summed E-state index contributed by atoms with van der Waals surface area (Å²) in [7, 11) is 0. The van der Waals surface area contributed by atoms with Gasteiger partial charge in [0.25, 0.3) is 0 Å². The Morgan fingerprint density at radius 1 is 1.53 bits per heavy atom. The molecule has 2 rings (SSSR count). The number of hydrogen-bond acceptors (Lipinski definition) is 3. The highest BCUT2D eigenvalue weighted by Gasteiger charge is 2.34. The van der Waals surface area contributed by atoms with Crippen molar-refractivity contribution in [3.8, 4) is 0 Å². The number of amides is 1. The molecule has 17 heavy (non-hydrogen) atoms. The molecular formula is C11H10FNO4. The van der Waals surface area contributed by atoms with Crippen molar-refractivity contribution in [3.63, 3.8) is 0 Å². The maximum absolute atomic E-state index is 13.4. The van der Waals surface area contributed by atoms with Gasteiger partial charge in [-0.1, -0.05) is 12.1 Å². The van der Waals surface area contributed by atoms with E-state index in [9.17, 15) is 14.0 Å². The first-order chi connectivity index (χ1) is 8.08. The largest absolute Gasteiger partial charge is 0.481 e. The van der Waals surface area contributed by atoms with Gasteiger partial charge in [-0.25, -0.2) is 9.18 Å². The van der Waals surface area contributed by atoms with Gasteiger partial charge in [-0.3, -0.25) is 9.69 Å². The van der Waals surface area contributed by atoms with E-state index in [1.807, 2.05) is 0 Å². The number of carbonyl (C=O) groups excluding carboxylic acids is 1. The van der Waals surface area contributed by atoms with Crippen LogP contribution in [0, 0.1) is 5.82 Å². The minimum Gasteiger partial charge on any atom is -0.481 e. The molecule has 1 heterocycles. The number of carboxylic acid groups (broad SMARTS) is 1. The Labute approximate surface area is 96.4 Å². The zero-order valence-corrected chi connectivity index (χ0v) is 8.80. The average molecular weight is 239 g/mol. The zero-order chi connectivity index (χ0) is 12.4. The fourth-order valence-electron chi connectivity index (χ4n) is 1.69. The van der Waals surface area contributed by atoms with Gasteiger partial charge >= 0.3 is 12.1 Å². The topological polar surface area (TPSA) is 66.8 Å². The van der Waals surface area contributed by atoms with Crippen molar-refractivity contribution in [3.05, 3.63) is 30.1 Å². The number of cyclic esters (lactones) is 1. The summed E-state index contributed by atoms with van der Waals surface area (Å²) in [5, 5.41) is 8.59. The van der Waals surface area contributed by atoms with Crippen LogP contribution in [-0.2, 0) is 9.53 Å². The highest BCUT2D eigenvalue weighted by atomic mass is 19.1. The first kappa shape index (κ1) is 11.4. The number of halogens is 1. The van der Waals surface area contributed by atoms with E-state index < -0.39 is 24.0 Å². The maximum atomic E-state index is 13.4. The number of hydrogen-bond donors (Lipinski definition) is 1. The molecule has 1 aliphatic heterocycles. The number of benzene rings is 1. The Bertz CT molecular complexity index is 463. The number of carbonyl (C=O) groups is 2. The standard InChI is InChI=1S/C11H10FNO4/c12-8-3-1-2-4-9(8)13-6-7(5-10(14)15)17-11(13)16/h1-4,7H,5-6H2,(H,14,15). The molecule has 1 aromatic rings. The van der Waals surface area contributed by atoms with E-state index >= 15 is 0 Å². The van der Waals surface area contributed by atoms with Crippen molar-refractivity contribution in [1.82, 2.24) is 0 Å². The normalized spacial score (nSPS) is 19.2. The molecular weight excluding hydrogens is 229 g/mol. The zero-order valence-electron chi connectivity index (χ0n) is 8.80. The second kappa shape index (κ2) is 4.40. The summed E-state index contributed by atoms with van der Waals surface area (Å²) in [5.41, 5.74) is 0.102. The van der Waals surface area contributed by atoms with Gasteiger partial charge in [0.15, 0.2) is 0 Å². The quantitative estimate of drug-likeness (QED) is 0.870. The fraction of sp³-hybridized carbons (Fsp3) is 0.273. The molecule has 0 aliphatic carbocycles. The third-order valence-electron chi connectivity index (χ3n) is 2.42. The second-order valence-corrected chi connectivity index (χ2v) is 3.67. The summed E-state index contributed by atoms with van der Waals surface area (Å²) >= 11 is 0. The van der Waals surface area contributed by atoms with E-state index in [-0.39, 0.29) is 18.7 Å². The highest BCUT2D eigenvalue weighted by molar-refractivity contribution is 5.90. The number of aliphatic carboxylic acids is 1. The van der Waals surface area contributed by atoms with Crippen molar-refractivity contribution >= 4 is 17.7 Å². The van der Waals surface area contributed by atoms with Crippen LogP contribution in [0.25, 0.3) is 0 Å². The number of para-hydroxylation sites is 1. The molecule has 1 aliphatic rings. The molecule has 1 atom stereocenters. The summed E-state index contributed by atoms with van der Waals surface area (Å²) in [6, 6.07) is 5.78. The molecule has 0 bridgehead atoms. The summed E-state index contributed by atoms with van der Waals surface area (Å²) in [6.07, 6.45) is -1.74. The molecule has 0 aromatic heterocycles. The Kier molecular flexibility index (Phi) is 2.95. The van der Waals surface area contributed by atoms with Gasteiger partial charge in [-0.15, -0.1) is 0 Å². The van der Waals surface area contributed by atoms with Crippen molar-refractivity contribution in [1.29, 1.82) is 0 Å². The molecule has 1 N–H and O–H groups in total. The molecule has 90 valence electrons. The Morgan fingerprint density at radius 3 is 2.88 bits per heavy atom. The Balaban J connectivity index is 2.16. The molecule has 1 unspecified atom stereocenters. The van der Waals surface area contributed by atoms with Crippen LogP contribution in [0.4, 0.5) is 14.9 Å². The number of ether oxygens (including phenoxy) is 1. The van der Waals surface area contributed by atoms with Crippen LogP contribution in [0.1, 0.15) is 6.42 Å². The highest BCUT2D eigenvalue weighted by Crippen LogP contribution is 2.25. The lowest BCUT2D eigenvalue weighted by molar-refractivity contribution is -0.138. The lowest BCUT2D eigenvalue weighted by atomic mass is 10.2. The minimum atomic E-state index is -1.06. The van der Waals surface area contributed by atoms with Crippen LogP contribution in [0.15, 0.2) is 24.3 Å². The summed E-state index contributed by atoms with van der Waals surface area (Å²) in [5.74, 6) is -1.60. The van der Waals surface area contributed by atoms with E-state index in [0.717, 1.165) is 4.90 Å². The van der Waals surface area contributed by atoms with Gasteiger partial charge < -0.3 is 9.84 Å². The van der Waals surface area contributed by atoms with Crippen molar-refractivity contribution in [2.24, 2.45) is 0 Å². The van der Waals surface area contributed by atoms with Crippen LogP contribution in [0.3, 0.4) is 0 Å². The third kappa shape index (κ3) is 2.35. The maximum Gasteiger partial charge on any atom is 0.414 e. The first-order valence-electron chi connectivity index (χ1n) is 5.02. The summed E-state index contributed by atoms with van der Waals surface area (Å²) in [6.45, 7) is 0.0477. The van der Waals surface area contributed by atoms with E-state index in [2.05, 4.69) is 0 Å². The lowest BCUT2D eigenvalue weighted by Gasteiger charge is -2.13. The van der Waals surface area contributed by atoms with E-state index in [1.165, 1.54) is 18.2 Å². The van der Waals surface area contributed by atoms with Gasteiger partial charge in [0.05, 0.1) is 18.7 Å². The summed E-state index contributed by atoms with van der Waals surface area (Å²) < 4.78 is 18.3.